The monoisotopic (exact) mass is 248 g/mol. The molecule has 0 amide bonds. The average Bonchev–Trinajstić information content (AvgIpc) is 2.39. The van der Waals surface area contributed by atoms with Crippen LogP contribution in [0.4, 0.5) is 5.69 Å². The van der Waals surface area contributed by atoms with E-state index >= 15 is 0 Å². The van der Waals surface area contributed by atoms with Crippen molar-refractivity contribution >= 4 is 5.69 Å². The zero-order valence-electron chi connectivity index (χ0n) is 11.5. The molecule has 1 atom stereocenters. The molecule has 18 heavy (non-hydrogen) atoms. The first-order valence-electron chi connectivity index (χ1n) is 6.78. The minimum atomic E-state index is 0.614. The van der Waals surface area contributed by atoms with Gasteiger partial charge in [-0.05, 0) is 36.8 Å². The summed E-state index contributed by atoms with van der Waals surface area (Å²) in [7, 11) is 1.79. The summed E-state index contributed by atoms with van der Waals surface area (Å²) >= 11 is 0. The lowest BCUT2D eigenvalue weighted by atomic mass is 9.96. The van der Waals surface area contributed by atoms with Gasteiger partial charge in [-0.3, -0.25) is 0 Å². The number of para-hydroxylation sites is 1. The first-order valence-corrected chi connectivity index (χ1v) is 6.78. The average molecular weight is 248 g/mol. The molecule has 1 unspecified atom stereocenters. The number of nitrogens with zero attached hydrogens (tertiary/aromatic N) is 1. The standard InChI is InChI=1S/C15H24N2O/c1-12-5-3-7-14(9-16)15(12)17-8-4-6-13(10-17)11-18-2/h3,5,7,13H,4,6,8-11,16H2,1-2H3. The van der Waals surface area contributed by atoms with E-state index in [1.807, 2.05) is 0 Å². The summed E-state index contributed by atoms with van der Waals surface area (Å²) in [5, 5.41) is 0. The van der Waals surface area contributed by atoms with Crippen molar-refractivity contribution in [1.29, 1.82) is 0 Å². The molecular formula is C15H24N2O. The molecule has 1 aliphatic heterocycles. The summed E-state index contributed by atoms with van der Waals surface area (Å²) in [5.41, 5.74) is 9.80. The molecule has 1 aromatic carbocycles. The van der Waals surface area contributed by atoms with Gasteiger partial charge in [-0.2, -0.15) is 0 Å². The van der Waals surface area contributed by atoms with Gasteiger partial charge in [0.05, 0.1) is 6.61 Å². The van der Waals surface area contributed by atoms with Crippen molar-refractivity contribution < 1.29 is 4.74 Å². The highest BCUT2D eigenvalue weighted by atomic mass is 16.5. The summed E-state index contributed by atoms with van der Waals surface area (Å²) in [6.45, 7) is 5.88. The van der Waals surface area contributed by atoms with E-state index in [0.717, 1.165) is 19.7 Å². The Morgan fingerprint density at radius 1 is 1.44 bits per heavy atom. The summed E-state index contributed by atoms with van der Waals surface area (Å²) < 4.78 is 5.30. The van der Waals surface area contributed by atoms with Gasteiger partial charge >= 0.3 is 0 Å². The zero-order chi connectivity index (χ0) is 13.0. The molecule has 2 rings (SSSR count). The fraction of sp³-hybridized carbons (Fsp3) is 0.600. The van der Waals surface area contributed by atoms with Gasteiger partial charge < -0.3 is 15.4 Å². The largest absolute Gasteiger partial charge is 0.384 e. The second-order valence-corrected chi connectivity index (χ2v) is 5.20. The van der Waals surface area contributed by atoms with Crippen molar-refractivity contribution in [2.24, 2.45) is 11.7 Å². The smallest absolute Gasteiger partial charge is 0.0507 e. The van der Waals surface area contributed by atoms with Gasteiger partial charge in [0.25, 0.3) is 0 Å². The van der Waals surface area contributed by atoms with E-state index in [-0.39, 0.29) is 0 Å². The number of ether oxygens (including phenoxy) is 1. The van der Waals surface area contributed by atoms with Crippen LogP contribution >= 0.6 is 0 Å². The van der Waals surface area contributed by atoms with Crippen molar-refractivity contribution in [3.05, 3.63) is 29.3 Å². The van der Waals surface area contributed by atoms with Gasteiger partial charge in [-0.25, -0.2) is 0 Å². The molecule has 100 valence electrons. The molecule has 3 heteroatoms. The summed E-state index contributed by atoms with van der Waals surface area (Å²) in [5.74, 6) is 0.647. The first-order chi connectivity index (χ1) is 8.76. The van der Waals surface area contributed by atoms with E-state index in [2.05, 4.69) is 30.0 Å². The Hall–Kier alpha value is -1.06. The Labute approximate surface area is 110 Å². The van der Waals surface area contributed by atoms with Crippen LogP contribution in [0, 0.1) is 12.8 Å². The van der Waals surface area contributed by atoms with Gasteiger partial charge in [0.1, 0.15) is 0 Å². The molecule has 0 saturated carbocycles. The summed E-state index contributed by atoms with van der Waals surface area (Å²) in [6.07, 6.45) is 2.51. The van der Waals surface area contributed by atoms with E-state index in [4.69, 9.17) is 10.5 Å². The minimum Gasteiger partial charge on any atom is -0.384 e. The molecule has 1 saturated heterocycles. The van der Waals surface area contributed by atoms with Crippen LogP contribution in [-0.2, 0) is 11.3 Å². The van der Waals surface area contributed by atoms with Gasteiger partial charge in [0, 0.05) is 32.4 Å². The Morgan fingerprint density at radius 3 is 3.00 bits per heavy atom. The van der Waals surface area contributed by atoms with Crippen LogP contribution in [0.3, 0.4) is 0 Å². The van der Waals surface area contributed by atoms with E-state index in [0.29, 0.717) is 12.5 Å². The highest BCUT2D eigenvalue weighted by molar-refractivity contribution is 5.59. The second-order valence-electron chi connectivity index (χ2n) is 5.20. The molecule has 0 spiro atoms. The molecule has 1 aromatic rings. The second kappa shape index (κ2) is 6.21. The molecule has 2 N–H and O–H groups in total. The molecule has 1 heterocycles. The quantitative estimate of drug-likeness (QED) is 0.888. The first kappa shape index (κ1) is 13.4. The lowest BCUT2D eigenvalue weighted by Crippen LogP contribution is -2.38. The van der Waals surface area contributed by atoms with E-state index < -0.39 is 0 Å². The minimum absolute atomic E-state index is 0.614. The Balaban J connectivity index is 2.20. The lowest BCUT2D eigenvalue weighted by Gasteiger charge is -2.36. The Kier molecular flexibility index (Phi) is 4.61. The molecule has 1 aliphatic rings. The predicted octanol–water partition coefficient (Wildman–Crippen LogP) is 2.32. The number of hydrogen-bond donors (Lipinski definition) is 1. The van der Waals surface area contributed by atoms with Crippen LogP contribution in [0.2, 0.25) is 0 Å². The third-order valence-corrected chi connectivity index (χ3v) is 3.78. The normalized spacial score (nSPS) is 20.2. The van der Waals surface area contributed by atoms with Crippen molar-refractivity contribution in [2.75, 3.05) is 31.7 Å². The summed E-state index contributed by atoms with van der Waals surface area (Å²) in [4.78, 5) is 2.49. The number of benzene rings is 1. The number of hydrogen-bond acceptors (Lipinski definition) is 3. The Morgan fingerprint density at radius 2 is 2.28 bits per heavy atom. The molecule has 1 fully saturated rings. The van der Waals surface area contributed by atoms with Crippen molar-refractivity contribution in [1.82, 2.24) is 0 Å². The van der Waals surface area contributed by atoms with Gasteiger partial charge in [0.15, 0.2) is 0 Å². The van der Waals surface area contributed by atoms with Crippen LogP contribution < -0.4 is 10.6 Å². The van der Waals surface area contributed by atoms with E-state index in [1.54, 1.807) is 7.11 Å². The van der Waals surface area contributed by atoms with Gasteiger partial charge in [0.2, 0.25) is 0 Å². The molecule has 0 radical (unpaired) electrons. The van der Waals surface area contributed by atoms with Crippen LogP contribution in [0.15, 0.2) is 18.2 Å². The topological polar surface area (TPSA) is 38.5 Å². The maximum absolute atomic E-state index is 5.87. The number of rotatable bonds is 4. The van der Waals surface area contributed by atoms with Crippen LogP contribution in [0.25, 0.3) is 0 Å². The van der Waals surface area contributed by atoms with Crippen LogP contribution in [0.1, 0.15) is 24.0 Å². The maximum Gasteiger partial charge on any atom is 0.0507 e. The SMILES string of the molecule is COCC1CCCN(c2c(C)cccc2CN)C1. The van der Waals surface area contributed by atoms with Gasteiger partial charge in [-0.1, -0.05) is 18.2 Å². The number of piperidine rings is 1. The molecule has 0 aliphatic carbocycles. The van der Waals surface area contributed by atoms with Crippen LogP contribution in [0.5, 0.6) is 0 Å². The number of methoxy groups -OCH3 is 1. The van der Waals surface area contributed by atoms with Crippen molar-refractivity contribution in [3.63, 3.8) is 0 Å². The van der Waals surface area contributed by atoms with Crippen molar-refractivity contribution in [2.45, 2.75) is 26.3 Å². The molecular weight excluding hydrogens is 224 g/mol. The Bertz CT molecular complexity index is 390. The number of nitrogens with two attached hydrogens (primary N) is 1. The number of anilines is 1. The zero-order valence-corrected chi connectivity index (χ0v) is 11.5. The highest BCUT2D eigenvalue weighted by Crippen LogP contribution is 2.29. The maximum atomic E-state index is 5.87. The molecule has 3 nitrogen and oxygen atoms in total. The molecule has 0 bridgehead atoms. The van der Waals surface area contributed by atoms with Crippen LogP contribution in [-0.4, -0.2) is 26.8 Å². The number of aryl methyl sites for hydroxylation is 1. The fourth-order valence-corrected chi connectivity index (χ4v) is 2.98. The molecule has 0 aromatic heterocycles. The van der Waals surface area contributed by atoms with E-state index in [9.17, 15) is 0 Å². The third-order valence-electron chi connectivity index (χ3n) is 3.78. The lowest BCUT2D eigenvalue weighted by molar-refractivity contribution is 0.143. The highest BCUT2D eigenvalue weighted by Gasteiger charge is 2.22. The van der Waals surface area contributed by atoms with E-state index in [1.165, 1.54) is 29.7 Å². The predicted molar refractivity (Wildman–Crippen MR) is 75.9 cm³/mol. The fourth-order valence-electron chi connectivity index (χ4n) is 2.98. The van der Waals surface area contributed by atoms with Crippen molar-refractivity contribution in [3.8, 4) is 0 Å². The third kappa shape index (κ3) is 2.85. The summed E-state index contributed by atoms with van der Waals surface area (Å²) in [6, 6.07) is 6.41. The van der Waals surface area contributed by atoms with Gasteiger partial charge in [-0.15, -0.1) is 0 Å².